The molecule has 0 saturated heterocycles. The lowest BCUT2D eigenvalue weighted by Gasteiger charge is -2.10. The molecule has 0 unspecified atom stereocenters. The molecule has 0 saturated carbocycles. The van der Waals surface area contributed by atoms with Crippen molar-refractivity contribution in [1.82, 2.24) is 4.98 Å². The molecule has 1 aromatic carbocycles. The van der Waals surface area contributed by atoms with E-state index in [1.54, 1.807) is 31.5 Å². The van der Waals surface area contributed by atoms with Crippen LogP contribution in [0.2, 0.25) is 0 Å². The molecule has 1 aromatic heterocycles. The molecule has 1 heterocycles. The number of nitrogens with zero attached hydrogens (tertiary/aromatic N) is 1. The topological polar surface area (TPSA) is 72.5 Å². The van der Waals surface area contributed by atoms with Crippen LogP contribution in [0.5, 0.6) is 11.5 Å². The largest absolute Gasteiger partial charge is 0.493 e. The summed E-state index contributed by atoms with van der Waals surface area (Å²) in [5, 5.41) is 5.97. The fourth-order valence-electron chi connectivity index (χ4n) is 2.04. The number of ether oxygens (including phenoxy) is 2. The molecule has 2 N–H and O–H groups in total. The molecule has 0 fully saturated rings. The van der Waals surface area contributed by atoms with E-state index >= 15 is 0 Å². The summed E-state index contributed by atoms with van der Waals surface area (Å²) in [6.07, 6.45) is 3.95. The average Bonchev–Trinajstić information content (AvgIpc) is 2.62. The van der Waals surface area contributed by atoms with E-state index in [0.29, 0.717) is 17.3 Å². The van der Waals surface area contributed by atoms with Gasteiger partial charge in [-0.1, -0.05) is 25.5 Å². The number of carbonyl (C=O) groups is 1. The average molecular weight is 329 g/mol. The maximum Gasteiger partial charge on any atom is 0.263 e. The Morgan fingerprint density at radius 1 is 1.17 bits per heavy atom. The molecule has 1 amide bonds. The maximum absolute atomic E-state index is 11.9. The molecule has 128 valence electrons. The molecule has 24 heavy (non-hydrogen) atoms. The molecule has 0 aliphatic heterocycles. The Kier molecular flexibility index (Phi) is 6.89. The molecular weight excluding hydrogens is 306 g/mol. The highest BCUT2D eigenvalue weighted by atomic mass is 16.5. The molecule has 0 radical (unpaired) electrons. The van der Waals surface area contributed by atoms with Crippen molar-refractivity contribution in [3.63, 3.8) is 0 Å². The number of amides is 1. The zero-order chi connectivity index (χ0) is 17.2. The van der Waals surface area contributed by atoms with Gasteiger partial charge in [0.15, 0.2) is 18.1 Å². The molecular formula is C18H23N3O3. The standard InChI is InChI=1S/C18H23N3O3/c1-3-4-11-19-14-9-10-17(20-12-14)21-18(22)13-24-16-8-6-5-7-15(16)23-2/h5-10,12,19H,3-4,11,13H2,1-2H3,(H,20,21,22). The predicted molar refractivity (Wildman–Crippen MR) is 94.8 cm³/mol. The van der Waals surface area contributed by atoms with Gasteiger partial charge in [-0.15, -0.1) is 0 Å². The summed E-state index contributed by atoms with van der Waals surface area (Å²) in [6, 6.07) is 10.8. The van der Waals surface area contributed by atoms with E-state index in [2.05, 4.69) is 22.5 Å². The second-order valence-corrected chi connectivity index (χ2v) is 5.20. The number of pyridine rings is 1. The number of hydrogen-bond acceptors (Lipinski definition) is 5. The third kappa shape index (κ3) is 5.46. The van der Waals surface area contributed by atoms with Crippen molar-refractivity contribution < 1.29 is 14.3 Å². The first-order valence-electron chi connectivity index (χ1n) is 7.98. The Balaban J connectivity index is 1.81. The number of hydrogen-bond donors (Lipinski definition) is 2. The Bertz CT molecular complexity index is 644. The van der Waals surface area contributed by atoms with Gasteiger partial charge in [0.2, 0.25) is 0 Å². The molecule has 0 aliphatic carbocycles. The lowest BCUT2D eigenvalue weighted by molar-refractivity contribution is -0.118. The Morgan fingerprint density at radius 2 is 1.96 bits per heavy atom. The number of methoxy groups -OCH3 is 1. The number of rotatable bonds is 9. The van der Waals surface area contributed by atoms with Crippen molar-refractivity contribution in [3.05, 3.63) is 42.6 Å². The van der Waals surface area contributed by atoms with Crippen LogP contribution in [0.25, 0.3) is 0 Å². The monoisotopic (exact) mass is 329 g/mol. The van der Waals surface area contributed by atoms with E-state index in [1.807, 2.05) is 18.2 Å². The smallest absolute Gasteiger partial charge is 0.263 e. The van der Waals surface area contributed by atoms with Crippen molar-refractivity contribution in [3.8, 4) is 11.5 Å². The van der Waals surface area contributed by atoms with E-state index < -0.39 is 0 Å². The minimum Gasteiger partial charge on any atom is -0.493 e. The normalized spacial score (nSPS) is 10.1. The van der Waals surface area contributed by atoms with E-state index in [9.17, 15) is 4.79 Å². The van der Waals surface area contributed by atoms with Crippen molar-refractivity contribution in [2.45, 2.75) is 19.8 Å². The van der Waals surface area contributed by atoms with Gasteiger partial charge in [-0.3, -0.25) is 4.79 Å². The Hall–Kier alpha value is -2.76. The van der Waals surface area contributed by atoms with Crippen LogP contribution >= 0.6 is 0 Å². The van der Waals surface area contributed by atoms with E-state index in [4.69, 9.17) is 9.47 Å². The highest BCUT2D eigenvalue weighted by molar-refractivity contribution is 5.91. The first kappa shape index (κ1) is 17.6. The van der Waals surface area contributed by atoms with Gasteiger partial charge in [0, 0.05) is 6.54 Å². The van der Waals surface area contributed by atoms with Crippen molar-refractivity contribution in [2.24, 2.45) is 0 Å². The van der Waals surface area contributed by atoms with Crippen LogP contribution in [0, 0.1) is 0 Å². The minimum absolute atomic E-state index is 0.113. The summed E-state index contributed by atoms with van der Waals surface area (Å²) in [5.41, 5.74) is 0.937. The van der Waals surface area contributed by atoms with Crippen LogP contribution in [0.15, 0.2) is 42.6 Å². The number of anilines is 2. The number of nitrogens with one attached hydrogen (secondary N) is 2. The van der Waals surface area contributed by atoms with Gasteiger partial charge in [-0.25, -0.2) is 4.98 Å². The van der Waals surface area contributed by atoms with Crippen LogP contribution in [-0.2, 0) is 4.79 Å². The highest BCUT2D eigenvalue weighted by Gasteiger charge is 2.07. The Labute approximate surface area is 142 Å². The third-order valence-corrected chi connectivity index (χ3v) is 3.32. The summed E-state index contributed by atoms with van der Waals surface area (Å²) in [6.45, 7) is 2.95. The number of carbonyl (C=O) groups excluding carboxylic acids is 1. The summed E-state index contributed by atoms with van der Waals surface area (Å²) in [4.78, 5) is 16.2. The fourth-order valence-corrected chi connectivity index (χ4v) is 2.04. The quantitative estimate of drug-likeness (QED) is 0.691. The predicted octanol–water partition coefficient (Wildman–Crippen LogP) is 3.32. The third-order valence-electron chi connectivity index (χ3n) is 3.32. The molecule has 2 rings (SSSR count). The highest BCUT2D eigenvalue weighted by Crippen LogP contribution is 2.25. The number of unbranched alkanes of at least 4 members (excludes halogenated alkanes) is 1. The van der Waals surface area contributed by atoms with Crippen LogP contribution in [0.4, 0.5) is 11.5 Å². The van der Waals surface area contributed by atoms with Crippen LogP contribution in [-0.4, -0.2) is 31.2 Å². The summed E-state index contributed by atoms with van der Waals surface area (Å²) in [5.74, 6) is 1.33. The van der Waals surface area contributed by atoms with E-state index in [0.717, 1.165) is 25.1 Å². The molecule has 6 nitrogen and oxygen atoms in total. The van der Waals surface area contributed by atoms with Crippen molar-refractivity contribution in [1.29, 1.82) is 0 Å². The molecule has 6 heteroatoms. The van der Waals surface area contributed by atoms with Gasteiger partial charge in [0.05, 0.1) is 19.0 Å². The molecule has 2 aromatic rings. The number of para-hydroxylation sites is 2. The second-order valence-electron chi connectivity index (χ2n) is 5.20. The lowest BCUT2D eigenvalue weighted by atomic mass is 10.3. The van der Waals surface area contributed by atoms with Crippen LogP contribution in [0.1, 0.15) is 19.8 Å². The van der Waals surface area contributed by atoms with Gasteiger partial charge >= 0.3 is 0 Å². The molecule has 0 aliphatic rings. The first-order valence-corrected chi connectivity index (χ1v) is 7.98. The zero-order valence-corrected chi connectivity index (χ0v) is 14.0. The van der Waals surface area contributed by atoms with E-state index in [1.165, 1.54) is 0 Å². The summed E-state index contributed by atoms with van der Waals surface area (Å²) >= 11 is 0. The lowest BCUT2D eigenvalue weighted by Crippen LogP contribution is -2.20. The molecule has 0 atom stereocenters. The maximum atomic E-state index is 11.9. The minimum atomic E-state index is -0.278. The van der Waals surface area contributed by atoms with Gasteiger partial charge in [-0.05, 0) is 30.7 Å². The van der Waals surface area contributed by atoms with Gasteiger partial charge in [0.1, 0.15) is 5.82 Å². The van der Waals surface area contributed by atoms with Crippen molar-refractivity contribution in [2.75, 3.05) is 30.9 Å². The molecule has 0 spiro atoms. The van der Waals surface area contributed by atoms with Crippen molar-refractivity contribution >= 4 is 17.4 Å². The zero-order valence-electron chi connectivity index (χ0n) is 14.0. The van der Waals surface area contributed by atoms with E-state index in [-0.39, 0.29) is 12.5 Å². The Morgan fingerprint density at radius 3 is 2.62 bits per heavy atom. The van der Waals surface area contributed by atoms with Gasteiger partial charge < -0.3 is 20.1 Å². The molecule has 0 bridgehead atoms. The number of aromatic nitrogens is 1. The SMILES string of the molecule is CCCCNc1ccc(NC(=O)COc2ccccc2OC)nc1. The number of benzene rings is 1. The summed E-state index contributed by atoms with van der Waals surface area (Å²) < 4.78 is 10.6. The van der Waals surface area contributed by atoms with Gasteiger partial charge in [-0.2, -0.15) is 0 Å². The summed E-state index contributed by atoms with van der Waals surface area (Å²) in [7, 11) is 1.56. The van der Waals surface area contributed by atoms with Gasteiger partial charge in [0.25, 0.3) is 5.91 Å². The van der Waals surface area contributed by atoms with Crippen LogP contribution < -0.4 is 20.1 Å². The first-order chi connectivity index (χ1) is 11.7. The second kappa shape index (κ2) is 9.39. The van der Waals surface area contributed by atoms with Crippen LogP contribution in [0.3, 0.4) is 0 Å². The fraction of sp³-hybridized carbons (Fsp3) is 0.333.